The lowest BCUT2D eigenvalue weighted by Crippen LogP contribution is -2.36. The summed E-state index contributed by atoms with van der Waals surface area (Å²) in [6.45, 7) is 3.10. The molecule has 152 valence electrons. The van der Waals surface area contributed by atoms with Crippen molar-refractivity contribution in [2.75, 3.05) is 51.5 Å². The van der Waals surface area contributed by atoms with Crippen LogP contribution >= 0.6 is 24.0 Å². The largest absolute Gasteiger partial charge is 0.490 e. The summed E-state index contributed by atoms with van der Waals surface area (Å²) in [5, 5.41) is 6.51. The Labute approximate surface area is 177 Å². The molecule has 1 aromatic rings. The van der Waals surface area contributed by atoms with Gasteiger partial charge in [0.2, 0.25) is 10.0 Å². The molecule has 0 saturated carbocycles. The number of fused-ring (bicyclic) bond motifs is 1. The van der Waals surface area contributed by atoms with Gasteiger partial charge in [-0.1, -0.05) is 0 Å². The van der Waals surface area contributed by atoms with E-state index in [1.54, 1.807) is 7.05 Å². The Kier molecular flexibility index (Phi) is 7.98. The number of ether oxygens (including phenoxy) is 2. The molecular formula is C17H27IN4O4S. The van der Waals surface area contributed by atoms with Crippen LogP contribution in [-0.4, -0.2) is 64.8 Å². The maximum absolute atomic E-state index is 11.6. The van der Waals surface area contributed by atoms with Crippen molar-refractivity contribution in [1.82, 2.24) is 9.62 Å². The number of nitrogens with zero attached hydrogens (tertiary/aromatic N) is 2. The first-order valence-corrected chi connectivity index (χ1v) is 10.6. The SMILES string of the molecule is CN=C(NCC1CCN(S(C)(=O)=O)C1)Nc1ccc2c(c1)OCCCO2.I. The molecule has 8 nitrogen and oxygen atoms in total. The zero-order chi connectivity index (χ0) is 18.6. The molecular weight excluding hydrogens is 483 g/mol. The number of halogens is 1. The maximum atomic E-state index is 11.6. The number of rotatable bonds is 4. The van der Waals surface area contributed by atoms with E-state index in [1.807, 2.05) is 18.2 Å². The number of hydrogen-bond donors (Lipinski definition) is 2. The second kappa shape index (κ2) is 9.78. The highest BCUT2D eigenvalue weighted by atomic mass is 127. The molecule has 2 N–H and O–H groups in total. The molecule has 0 aliphatic carbocycles. The van der Waals surface area contributed by atoms with E-state index in [4.69, 9.17) is 9.47 Å². The molecule has 0 amide bonds. The van der Waals surface area contributed by atoms with Crippen molar-refractivity contribution in [1.29, 1.82) is 0 Å². The van der Waals surface area contributed by atoms with E-state index in [0.717, 1.165) is 30.0 Å². The summed E-state index contributed by atoms with van der Waals surface area (Å²) in [6, 6.07) is 5.70. The van der Waals surface area contributed by atoms with Crippen molar-refractivity contribution in [3.8, 4) is 11.5 Å². The average molecular weight is 510 g/mol. The standard InChI is InChI=1S/C17H26N4O4S.HI/c1-18-17(19-11-13-6-7-21(12-13)26(2,22)23)20-14-4-5-15-16(10-14)25-9-3-8-24-15;/h4-5,10,13H,3,6-9,11-12H2,1-2H3,(H2,18,19,20);1H. The Hall–Kier alpha value is -1.27. The maximum Gasteiger partial charge on any atom is 0.211 e. The zero-order valence-corrected chi connectivity index (χ0v) is 18.7. The van der Waals surface area contributed by atoms with E-state index < -0.39 is 10.0 Å². The van der Waals surface area contributed by atoms with Gasteiger partial charge in [-0.2, -0.15) is 0 Å². The average Bonchev–Trinajstić information content (AvgIpc) is 2.97. The third kappa shape index (κ3) is 6.11. The van der Waals surface area contributed by atoms with Crippen molar-refractivity contribution in [2.45, 2.75) is 12.8 Å². The van der Waals surface area contributed by atoms with Gasteiger partial charge in [0.25, 0.3) is 0 Å². The molecule has 2 heterocycles. The van der Waals surface area contributed by atoms with Gasteiger partial charge < -0.3 is 20.1 Å². The number of guanidine groups is 1. The van der Waals surface area contributed by atoms with E-state index in [-0.39, 0.29) is 29.9 Å². The lowest BCUT2D eigenvalue weighted by Gasteiger charge is -2.17. The first-order chi connectivity index (χ1) is 12.5. The van der Waals surface area contributed by atoms with Crippen molar-refractivity contribution >= 4 is 45.6 Å². The Balaban J connectivity index is 0.00000261. The fourth-order valence-electron chi connectivity index (χ4n) is 3.06. The molecule has 0 aromatic heterocycles. The van der Waals surface area contributed by atoms with Gasteiger partial charge in [-0.3, -0.25) is 4.99 Å². The van der Waals surface area contributed by atoms with E-state index in [1.165, 1.54) is 10.6 Å². The second-order valence-electron chi connectivity index (χ2n) is 6.57. The molecule has 3 rings (SSSR count). The van der Waals surface area contributed by atoms with Crippen molar-refractivity contribution in [3.63, 3.8) is 0 Å². The highest BCUT2D eigenvalue weighted by molar-refractivity contribution is 14.0. The molecule has 1 unspecified atom stereocenters. The molecule has 27 heavy (non-hydrogen) atoms. The van der Waals surface area contributed by atoms with Crippen LogP contribution in [-0.2, 0) is 10.0 Å². The van der Waals surface area contributed by atoms with Crippen LogP contribution in [0.2, 0.25) is 0 Å². The van der Waals surface area contributed by atoms with Gasteiger partial charge in [-0.05, 0) is 24.5 Å². The molecule has 0 bridgehead atoms. The number of benzene rings is 1. The van der Waals surface area contributed by atoms with Gasteiger partial charge >= 0.3 is 0 Å². The normalized spacial score (nSPS) is 20.5. The number of nitrogens with one attached hydrogen (secondary N) is 2. The lowest BCUT2D eigenvalue weighted by atomic mass is 10.1. The Bertz CT molecular complexity index is 772. The molecule has 0 spiro atoms. The summed E-state index contributed by atoms with van der Waals surface area (Å²) in [4.78, 5) is 4.23. The third-order valence-corrected chi connectivity index (χ3v) is 5.78. The predicted octanol–water partition coefficient (Wildman–Crippen LogP) is 1.73. The summed E-state index contributed by atoms with van der Waals surface area (Å²) in [7, 11) is -1.40. The highest BCUT2D eigenvalue weighted by Crippen LogP contribution is 2.32. The van der Waals surface area contributed by atoms with Gasteiger partial charge in [0.05, 0.1) is 19.5 Å². The number of aliphatic imine (C=N–C) groups is 1. The van der Waals surface area contributed by atoms with Gasteiger partial charge in [0.15, 0.2) is 17.5 Å². The number of sulfonamides is 1. The Morgan fingerprint density at radius 3 is 2.70 bits per heavy atom. The van der Waals surface area contributed by atoms with Crippen molar-refractivity contribution in [3.05, 3.63) is 18.2 Å². The smallest absolute Gasteiger partial charge is 0.211 e. The molecule has 1 atom stereocenters. The second-order valence-corrected chi connectivity index (χ2v) is 8.55. The minimum absolute atomic E-state index is 0. The summed E-state index contributed by atoms with van der Waals surface area (Å²) < 4.78 is 36.1. The van der Waals surface area contributed by atoms with Crippen LogP contribution < -0.4 is 20.1 Å². The summed E-state index contributed by atoms with van der Waals surface area (Å²) in [5.41, 5.74) is 0.853. The molecule has 2 aliphatic heterocycles. The predicted molar refractivity (Wildman–Crippen MR) is 117 cm³/mol. The van der Waals surface area contributed by atoms with E-state index in [9.17, 15) is 8.42 Å². The van der Waals surface area contributed by atoms with Crippen LogP contribution in [0.5, 0.6) is 11.5 Å². The molecule has 1 fully saturated rings. The van der Waals surface area contributed by atoms with E-state index in [2.05, 4.69) is 15.6 Å². The molecule has 0 radical (unpaired) electrons. The van der Waals surface area contributed by atoms with Crippen LogP contribution in [0, 0.1) is 5.92 Å². The van der Waals surface area contributed by atoms with Crippen LogP contribution in [0.3, 0.4) is 0 Å². The summed E-state index contributed by atoms with van der Waals surface area (Å²) >= 11 is 0. The fourth-order valence-corrected chi connectivity index (χ4v) is 3.98. The topological polar surface area (TPSA) is 92.3 Å². The van der Waals surface area contributed by atoms with E-state index >= 15 is 0 Å². The third-order valence-electron chi connectivity index (χ3n) is 4.51. The fraction of sp³-hybridized carbons (Fsp3) is 0.588. The summed E-state index contributed by atoms with van der Waals surface area (Å²) in [6.07, 6.45) is 2.97. The lowest BCUT2D eigenvalue weighted by molar-refractivity contribution is 0.297. The van der Waals surface area contributed by atoms with Gasteiger partial charge in [-0.25, -0.2) is 12.7 Å². The van der Waals surface area contributed by atoms with Gasteiger partial charge in [0, 0.05) is 44.9 Å². The number of anilines is 1. The molecule has 10 heteroatoms. The Morgan fingerprint density at radius 1 is 1.30 bits per heavy atom. The van der Waals surface area contributed by atoms with Gasteiger partial charge in [0.1, 0.15) is 0 Å². The van der Waals surface area contributed by atoms with Crippen LogP contribution in [0.15, 0.2) is 23.2 Å². The van der Waals surface area contributed by atoms with E-state index in [0.29, 0.717) is 38.8 Å². The quantitative estimate of drug-likeness (QED) is 0.364. The molecule has 1 saturated heterocycles. The van der Waals surface area contributed by atoms with Crippen LogP contribution in [0.4, 0.5) is 5.69 Å². The van der Waals surface area contributed by atoms with Crippen molar-refractivity contribution < 1.29 is 17.9 Å². The minimum Gasteiger partial charge on any atom is -0.490 e. The van der Waals surface area contributed by atoms with Crippen LogP contribution in [0.1, 0.15) is 12.8 Å². The zero-order valence-electron chi connectivity index (χ0n) is 15.6. The highest BCUT2D eigenvalue weighted by Gasteiger charge is 2.28. The minimum atomic E-state index is -3.11. The first-order valence-electron chi connectivity index (χ1n) is 8.78. The summed E-state index contributed by atoms with van der Waals surface area (Å²) in [5.74, 6) is 2.38. The van der Waals surface area contributed by atoms with Gasteiger partial charge in [-0.15, -0.1) is 24.0 Å². The van der Waals surface area contributed by atoms with Crippen LogP contribution in [0.25, 0.3) is 0 Å². The molecule has 1 aromatic carbocycles. The number of hydrogen-bond acceptors (Lipinski definition) is 5. The Morgan fingerprint density at radius 2 is 2.04 bits per heavy atom. The monoisotopic (exact) mass is 510 g/mol. The first kappa shape index (κ1) is 22.0. The molecule has 2 aliphatic rings. The van der Waals surface area contributed by atoms with Crippen molar-refractivity contribution in [2.24, 2.45) is 10.9 Å².